The number of hydrogen-bond acceptors (Lipinski definition) is 4. The first-order valence-corrected chi connectivity index (χ1v) is 5.04. The molecule has 1 N–H and O–H groups in total. The number of aliphatic hydroxyl groups is 1. The Morgan fingerprint density at radius 1 is 1.71 bits per heavy atom. The van der Waals surface area contributed by atoms with Crippen molar-refractivity contribution >= 4 is 0 Å². The number of morpholine rings is 1. The van der Waals surface area contributed by atoms with Crippen LogP contribution in [0.3, 0.4) is 0 Å². The number of ether oxygens (including phenoxy) is 1. The molecule has 4 nitrogen and oxygen atoms in total. The van der Waals surface area contributed by atoms with E-state index in [1.54, 1.807) is 0 Å². The third-order valence-electron chi connectivity index (χ3n) is 3.57. The molecule has 0 spiro atoms. The molecule has 0 amide bonds. The van der Waals surface area contributed by atoms with E-state index in [-0.39, 0.29) is 24.0 Å². The lowest BCUT2D eigenvalue weighted by Gasteiger charge is -2.35. The maximum Gasteiger partial charge on any atom is 0.0805 e. The molecule has 0 bridgehead atoms. The van der Waals surface area contributed by atoms with Crippen LogP contribution in [0.1, 0.15) is 6.42 Å². The molecule has 78 valence electrons. The maximum atomic E-state index is 9.18. The van der Waals surface area contributed by atoms with Crippen LogP contribution >= 0.6 is 0 Å². The Kier molecular flexibility index (Phi) is 2.48. The normalized spacial score (nSPS) is 43.2. The Labute approximate surface area is 84.1 Å². The molecule has 0 aromatic heterocycles. The number of nitriles is 1. The predicted molar refractivity (Wildman–Crippen MR) is 50.5 cm³/mol. The van der Waals surface area contributed by atoms with Crippen molar-refractivity contribution in [2.75, 3.05) is 33.4 Å². The average Bonchev–Trinajstić information content (AvgIpc) is 2.93. The maximum absolute atomic E-state index is 9.18. The summed E-state index contributed by atoms with van der Waals surface area (Å²) in [6, 6.07) is 2.54. The summed E-state index contributed by atoms with van der Waals surface area (Å²) in [6.07, 6.45) is 0.818. The van der Waals surface area contributed by atoms with Gasteiger partial charge in [0.15, 0.2) is 0 Å². The van der Waals surface area contributed by atoms with Gasteiger partial charge in [-0.15, -0.1) is 0 Å². The van der Waals surface area contributed by atoms with E-state index < -0.39 is 0 Å². The molecule has 2 fully saturated rings. The molecule has 0 radical (unpaired) electrons. The summed E-state index contributed by atoms with van der Waals surface area (Å²) in [5, 5.41) is 18.3. The van der Waals surface area contributed by atoms with E-state index in [1.165, 1.54) is 0 Å². The first kappa shape index (κ1) is 9.91. The van der Waals surface area contributed by atoms with Gasteiger partial charge in [-0.3, -0.25) is 4.90 Å². The first-order chi connectivity index (χ1) is 6.74. The van der Waals surface area contributed by atoms with E-state index in [0.29, 0.717) is 6.61 Å². The Balaban J connectivity index is 2.09. The highest BCUT2D eigenvalue weighted by Gasteiger charge is 2.61. The fourth-order valence-electron chi connectivity index (χ4n) is 2.42. The Bertz CT molecular complexity index is 263. The molecule has 1 saturated heterocycles. The van der Waals surface area contributed by atoms with Gasteiger partial charge in [-0.25, -0.2) is 0 Å². The fourth-order valence-corrected chi connectivity index (χ4v) is 2.42. The molecule has 4 heteroatoms. The molecule has 2 aliphatic rings. The number of rotatable bonds is 2. The minimum absolute atomic E-state index is 0.123. The van der Waals surface area contributed by atoms with E-state index in [4.69, 9.17) is 9.84 Å². The zero-order valence-electron chi connectivity index (χ0n) is 8.44. The van der Waals surface area contributed by atoms with Crippen molar-refractivity contribution in [2.45, 2.75) is 12.5 Å². The monoisotopic (exact) mass is 196 g/mol. The molecule has 1 unspecified atom stereocenters. The highest BCUT2D eigenvalue weighted by atomic mass is 16.5. The molecular formula is C10H16N2O2. The number of nitrogens with zero attached hydrogens (tertiary/aromatic N) is 2. The van der Waals surface area contributed by atoms with Crippen LogP contribution in [0.25, 0.3) is 0 Å². The van der Waals surface area contributed by atoms with Crippen molar-refractivity contribution in [2.24, 2.45) is 11.3 Å². The number of likely N-dealkylation sites (N-methyl/N-ethyl adjacent to an activating group) is 1. The second-order valence-corrected chi connectivity index (χ2v) is 4.31. The average molecular weight is 196 g/mol. The predicted octanol–water partition coefficient (Wildman–Crippen LogP) is -0.161. The molecule has 1 saturated carbocycles. The standard InChI is InChI=1S/C10H16N2O2/c1-12-2-3-14-6-9(12)10(7-11)4-8(10)5-13/h8-9,13H,2-6H2,1H3/t8-,9?,10-/m1/s1. The lowest BCUT2D eigenvalue weighted by atomic mass is 9.94. The molecule has 14 heavy (non-hydrogen) atoms. The SMILES string of the molecule is CN1CCOCC1[C@@]1(C#N)C[C@@H]1CO. The van der Waals surface area contributed by atoms with Crippen molar-refractivity contribution in [1.29, 1.82) is 5.26 Å². The molecule has 1 aliphatic carbocycles. The van der Waals surface area contributed by atoms with Gasteiger partial charge in [-0.2, -0.15) is 5.26 Å². The van der Waals surface area contributed by atoms with Crippen LogP contribution in [-0.4, -0.2) is 49.5 Å². The summed E-state index contributed by atoms with van der Waals surface area (Å²) in [5.41, 5.74) is -0.343. The van der Waals surface area contributed by atoms with Crippen molar-refractivity contribution < 1.29 is 9.84 Å². The van der Waals surface area contributed by atoms with E-state index in [9.17, 15) is 5.26 Å². The van der Waals surface area contributed by atoms with Crippen LogP contribution in [0.2, 0.25) is 0 Å². The Hall–Kier alpha value is -0.630. The van der Waals surface area contributed by atoms with Gasteiger partial charge in [0.05, 0.1) is 30.7 Å². The van der Waals surface area contributed by atoms with Gasteiger partial charge < -0.3 is 9.84 Å². The highest BCUT2D eigenvalue weighted by molar-refractivity contribution is 5.21. The van der Waals surface area contributed by atoms with Gasteiger partial charge in [0.2, 0.25) is 0 Å². The van der Waals surface area contributed by atoms with Gasteiger partial charge in [-0.1, -0.05) is 0 Å². The highest BCUT2D eigenvalue weighted by Crippen LogP contribution is 2.55. The van der Waals surface area contributed by atoms with Crippen LogP contribution in [0.4, 0.5) is 0 Å². The largest absolute Gasteiger partial charge is 0.396 e. The third-order valence-corrected chi connectivity index (χ3v) is 3.57. The summed E-state index contributed by atoms with van der Waals surface area (Å²) < 4.78 is 5.40. The van der Waals surface area contributed by atoms with Gasteiger partial charge in [-0.05, 0) is 13.5 Å². The van der Waals surface area contributed by atoms with E-state index >= 15 is 0 Å². The van der Waals surface area contributed by atoms with Gasteiger partial charge in [0.1, 0.15) is 0 Å². The zero-order valence-corrected chi connectivity index (χ0v) is 8.44. The van der Waals surface area contributed by atoms with Crippen LogP contribution < -0.4 is 0 Å². The van der Waals surface area contributed by atoms with Gasteiger partial charge in [0, 0.05) is 19.1 Å². The lowest BCUT2D eigenvalue weighted by molar-refractivity contribution is -0.0175. The third kappa shape index (κ3) is 1.33. The van der Waals surface area contributed by atoms with Gasteiger partial charge in [0.25, 0.3) is 0 Å². The van der Waals surface area contributed by atoms with E-state index in [0.717, 1.165) is 19.6 Å². The Morgan fingerprint density at radius 2 is 2.50 bits per heavy atom. The topological polar surface area (TPSA) is 56.5 Å². The van der Waals surface area contributed by atoms with Gasteiger partial charge >= 0.3 is 0 Å². The van der Waals surface area contributed by atoms with Crippen LogP contribution in [0, 0.1) is 22.7 Å². The quantitative estimate of drug-likeness (QED) is 0.666. The van der Waals surface area contributed by atoms with Crippen LogP contribution in [0.5, 0.6) is 0 Å². The molecule has 0 aromatic carbocycles. The lowest BCUT2D eigenvalue weighted by Crippen LogP contribution is -2.48. The Morgan fingerprint density at radius 3 is 3.00 bits per heavy atom. The van der Waals surface area contributed by atoms with Crippen molar-refractivity contribution in [3.63, 3.8) is 0 Å². The molecular weight excluding hydrogens is 180 g/mol. The molecule has 1 heterocycles. The zero-order chi connectivity index (χ0) is 10.2. The molecule has 3 atom stereocenters. The summed E-state index contributed by atoms with van der Waals surface area (Å²) in [7, 11) is 2.03. The van der Waals surface area contributed by atoms with Crippen LogP contribution in [0.15, 0.2) is 0 Å². The second-order valence-electron chi connectivity index (χ2n) is 4.31. The second kappa shape index (κ2) is 3.50. The minimum atomic E-state index is -0.343. The summed E-state index contributed by atoms with van der Waals surface area (Å²) in [5.74, 6) is 0.154. The number of hydrogen-bond donors (Lipinski definition) is 1. The first-order valence-electron chi connectivity index (χ1n) is 5.04. The molecule has 1 aliphatic heterocycles. The van der Waals surface area contributed by atoms with E-state index in [1.807, 2.05) is 7.05 Å². The summed E-state index contributed by atoms with van der Waals surface area (Å²) in [4.78, 5) is 2.18. The van der Waals surface area contributed by atoms with Crippen molar-refractivity contribution in [1.82, 2.24) is 4.90 Å². The smallest absolute Gasteiger partial charge is 0.0805 e. The number of aliphatic hydroxyl groups excluding tert-OH is 1. The van der Waals surface area contributed by atoms with Crippen molar-refractivity contribution in [3.8, 4) is 6.07 Å². The molecule has 2 rings (SSSR count). The van der Waals surface area contributed by atoms with Crippen molar-refractivity contribution in [3.05, 3.63) is 0 Å². The summed E-state index contributed by atoms with van der Waals surface area (Å²) >= 11 is 0. The summed E-state index contributed by atoms with van der Waals surface area (Å²) in [6.45, 7) is 2.38. The molecule has 0 aromatic rings. The fraction of sp³-hybridized carbons (Fsp3) is 0.900. The van der Waals surface area contributed by atoms with Crippen LogP contribution in [-0.2, 0) is 4.74 Å². The van der Waals surface area contributed by atoms with E-state index in [2.05, 4.69) is 11.0 Å². The minimum Gasteiger partial charge on any atom is -0.396 e.